The van der Waals surface area contributed by atoms with Crippen molar-refractivity contribution in [3.05, 3.63) is 17.7 Å². The fourth-order valence-electron chi connectivity index (χ4n) is 1.88. The highest BCUT2D eigenvalue weighted by Crippen LogP contribution is 2.31. The van der Waals surface area contributed by atoms with Gasteiger partial charge in [0.2, 0.25) is 11.8 Å². The fourth-order valence-corrected chi connectivity index (χ4v) is 1.88. The summed E-state index contributed by atoms with van der Waals surface area (Å²) in [5, 5.41) is 5.83. The number of hydrogen-bond acceptors (Lipinski definition) is 5. The van der Waals surface area contributed by atoms with E-state index in [9.17, 15) is 9.59 Å². The first-order chi connectivity index (χ1) is 9.06. The van der Waals surface area contributed by atoms with Crippen molar-refractivity contribution in [1.29, 1.82) is 0 Å². The summed E-state index contributed by atoms with van der Waals surface area (Å²) >= 11 is 0. The minimum absolute atomic E-state index is 0.0312. The highest BCUT2D eigenvalue weighted by atomic mass is 16.5. The Bertz CT molecular complexity index is 516. The number of nitrogens with one attached hydrogen (secondary N) is 2. The van der Waals surface area contributed by atoms with Crippen LogP contribution in [0, 0.1) is 0 Å². The average Bonchev–Trinajstić information content (AvgIpc) is 2.67. The first kappa shape index (κ1) is 13.2. The van der Waals surface area contributed by atoms with Crippen LogP contribution in [-0.2, 0) is 20.7 Å². The molecule has 19 heavy (non-hydrogen) atoms. The van der Waals surface area contributed by atoms with Crippen molar-refractivity contribution in [3.8, 4) is 0 Å². The van der Waals surface area contributed by atoms with Gasteiger partial charge in [-0.2, -0.15) is 0 Å². The molecule has 1 aliphatic heterocycles. The number of benzene rings is 1. The number of carbonyl (C=O) groups is 2. The van der Waals surface area contributed by atoms with Gasteiger partial charge in [-0.1, -0.05) is 0 Å². The van der Waals surface area contributed by atoms with Gasteiger partial charge in [-0.3, -0.25) is 9.59 Å². The third-order valence-corrected chi connectivity index (χ3v) is 2.71. The summed E-state index contributed by atoms with van der Waals surface area (Å²) in [6, 6.07) is 3.57. The Morgan fingerprint density at radius 3 is 3.00 bits per heavy atom. The molecule has 0 bridgehead atoms. The molecule has 0 saturated carbocycles. The van der Waals surface area contributed by atoms with E-state index in [0.717, 1.165) is 16.9 Å². The summed E-state index contributed by atoms with van der Waals surface area (Å²) in [6.45, 7) is 0.730. The number of hydrogen-bond donors (Lipinski definition) is 4. The normalized spacial score (nSPS) is 12.9. The van der Waals surface area contributed by atoms with Gasteiger partial charge in [-0.15, -0.1) is 0 Å². The highest BCUT2D eigenvalue weighted by molar-refractivity contribution is 6.00. The number of anilines is 3. The van der Waals surface area contributed by atoms with E-state index in [1.807, 2.05) is 0 Å². The molecule has 1 aromatic rings. The van der Waals surface area contributed by atoms with Crippen LogP contribution in [0.5, 0.6) is 0 Å². The molecule has 1 aromatic carbocycles. The van der Waals surface area contributed by atoms with Gasteiger partial charge in [0.1, 0.15) is 6.61 Å². The van der Waals surface area contributed by atoms with Gasteiger partial charge in [-0.25, -0.2) is 0 Å². The summed E-state index contributed by atoms with van der Waals surface area (Å²) in [4.78, 5) is 21.7. The minimum Gasteiger partial charge on any atom is -0.397 e. The van der Waals surface area contributed by atoms with Crippen molar-refractivity contribution < 1.29 is 14.3 Å². The Balaban J connectivity index is 1.89. The number of primary amides is 1. The third kappa shape index (κ3) is 3.35. The molecule has 2 amide bonds. The second-order valence-electron chi connectivity index (χ2n) is 4.27. The molecule has 0 atom stereocenters. The van der Waals surface area contributed by atoms with Crippen molar-refractivity contribution in [3.63, 3.8) is 0 Å². The van der Waals surface area contributed by atoms with Crippen LogP contribution in [0.4, 0.5) is 17.1 Å². The topological polar surface area (TPSA) is 119 Å². The third-order valence-electron chi connectivity index (χ3n) is 2.71. The zero-order chi connectivity index (χ0) is 13.8. The number of nitrogens with two attached hydrogens (primary N) is 2. The van der Waals surface area contributed by atoms with E-state index >= 15 is 0 Å². The molecule has 0 fully saturated rings. The van der Waals surface area contributed by atoms with E-state index < -0.39 is 5.91 Å². The largest absolute Gasteiger partial charge is 0.397 e. The Hall–Kier alpha value is -2.28. The van der Waals surface area contributed by atoms with E-state index in [2.05, 4.69) is 10.6 Å². The van der Waals surface area contributed by atoms with Crippen molar-refractivity contribution >= 4 is 28.9 Å². The van der Waals surface area contributed by atoms with Crippen LogP contribution in [-0.4, -0.2) is 31.6 Å². The van der Waals surface area contributed by atoms with Gasteiger partial charge in [0.25, 0.3) is 0 Å². The van der Waals surface area contributed by atoms with E-state index in [0.29, 0.717) is 25.3 Å². The molecule has 0 unspecified atom stereocenters. The zero-order valence-electron chi connectivity index (χ0n) is 10.4. The van der Waals surface area contributed by atoms with Crippen LogP contribution >= 0.6 is 0 Å². The van der Waals surface area contributed by atoms with E-state index in [-0.39, 0.29) is 12.5 Å². The van der Waals surface area contributed by atoms with Gasteiger partial charge in [-0.05, 0) is 17.7 Å². The lowest BCUT2D eigenvalue weighted by molar-refractivity contribution is -0.122. The standard InChI is InChI=1S/C12H16N4O3/c13-8-3-7-4-12(18)16-9(7)5-10(8)15-1-2-19-6-11(14)17/h3,5,15H,1-2,4,6,13H2,(H2,14,17)(H,16,18). The lowest BCUT2D eigenvalue weighted by atomic mass is 10.1. The fraction of sp³-hybridized carbons (Fsp3) is 0.333. The maximum atomic E-state index is 11.2. The molecule has 0 aliphatic carbocycles. The molecule has 102 valence electrons. The Morgan fingerprint density at radius 1 is 1.47 bits per heavy atom. The maximum absolute atomic E-state index is 11.2. The molecule has 6 N–H and O–H groups in total. The molecular formula is C12H16N4O3. The van der Waals surface area contributed by atoms with Crippen LogP contribution in [0.15, 0.2) is 12.1 Å². The number of rotatable bonds is 6. The Kier molecular flexibility index (Phi) is 3.86. The number of amides is 2. The van der Waals surface area contributed by atoms with Crippen LogP contribution in [0.3, 0.4) is 0 Å². The number of ether oxygens (including phenoxy) is 1. The highest BCUT2D eigenvalue weighted by Gasteiger charge is 2.19. The molecule has 1 aliphatic rings. The van der Waals surface area contributed by atoms with Crippen LogP contribution < -0.4 is 22.1 Å². The smallest absolute Gasteiger partial charge is 0.243 e. The Labute approximate surface area is 110 Å². The van der Waals surface area contributed by atoms with Gasteiger partial charge in [0.05, 0.1) is 24.4 Å². The molecule has 1 heterocycles. The maximum Gasteiger partial charge on any atom is 0.243 e. The van der Waals surface area contributed by atoms with Crippen LogP contribution in [0.2, 0.25) is 0 Å². The Morgan fingerprint density at radius 2 is 2.26 bits per heavy atom. The van der Waals surface area contributed by atoms with Gasteiger partial charge in [0.15, 0.2) is 0 Å². The lowest BCUT2D eigenvalue weighted by Gasteiger charge is -2.11. The molecule has 7 nitrogen and oxygen atoms in total. The SMILES string of the molecule is NC(=O)COCCNc1cc2c(cc1N)CC(=O)N2. The van der Waals surface area contributed by atoms with Gasteiger partial charge in [0, 0.05) is 12.2 Å². The summed E-state index contributed by atoms with van der Waals surface area (Å²) < 4.78 is 5.02. The quantitative estimate of drug-likeness (QED) is 0.414. The summed E-state index contributed by atoms with van der Waals surface area (Å²) in [7, 11) is 0. The van der Waals surface area contributed by atoms with E-state index in [1.165, 1.54) is 0 Å². The summed E-state index contributed by atoms with van der Waals surface area (Å²) in [6.07, 6.45) is 0.363. The molecule has 7 heteroatoms. The van der Waals surface area contributed by atoms with Crippen molar-refractivity contribution in [2.45, 2.75) is 6.42 Å². The monoisotopic (exact) mass is 264 g/mol. The first-order valence-corrected chi connectivity index (χ1v) is 5.88. The predicted octanol–water partition coefficient (Wildman–Crippen LogP) is -0.323. The summed E-state index contributed by atoms with van der Waals surface area (Å²) in [5.74, 6) is -0.531. The lowest BCUT2D eigenvalue weighted by Crippen LogP contribution is -2.20. The second-order valence-corrected chi connectivity index (χ2v) is 4.27. The van der Waals surface area contributed by atoms with Crippen LogP contribution in [0.1, 0.15) is 5.56 Å². The number of fused-ring (bicyclic) bond motifs is 1. The predicted molar refractivity (Wildman–Crippen MR) is 71.7 cm³/mol. The zero-order valence-corrected chi connectivity index (χ0v) is 10.4. The average molecular weight is 264 g/mol. The second kappa shape index (κ2) is 5.57. The van der Waals surface area contributed by atoms with E-state index in [4.69, 9.17) is 16.2 Å². The molecule has 2 rings (SSSR count). The first-order valence-electron chi connectivity index (χ1n) is 5.88. The molecule has 0 saturated heterocycles. The number of nitrogen functional groups attached to an aromatic ring is 1. The van der Waals surface area contributed by atoms with E-state index in [1.54, 1.807) is 12.1 Å². The van der Waals surface area contributed by atoms with Crippen molar-refractivity contribution in [2.75, 3.05) is 36.1 Å². The van der Waals surface area contributed by atoms with Gasteiger partial charge >= 0.3 is 0 Å². The number of carbonyl (C=O) groups excluding carboxylic acids is 2. The molecular weight excluding hydrogens is 248 g/mol. The molecule has 0 spiro atoms. The molecule has 0 radical (unpaired) electrons. The van der Waals surface area contributed by atoms with Crippen LogP contribution in [0.25, 0.3) is 0 Å². The van der Waals surface area contributed by atoms with Crippen molar-refractivity contribution in [1.82, 2.24) is 0 Å². The van der Waals surface area contributed by atoms with Gasteiger partial charge < -0.3 is 26.8 Å². The summed E-state index contributed by atoms with van der Waals surface area (Å²) in [5.41, 5.74) is 13.8. The minimum atomic E-state index is -0.500. The molecule has 0 aromatic heterocycles. The van der Waals surface area contributed by atoms with Crippen molar-refractivity contribution in [2.24, 2.45) is 5.73 Å².